The van der Waals surface area contributed by atoms with E-state index in [4.69, 9.17) is 5.73 Å². The second kappa shape index (κ2) is 6.48. The molecule has 1 aromatic rings. The van der Waals surface area contributed by atoms with Crippen molar-refractivity contribution in [3.8, 4) is 0 Å². The van der Waals surface area contributed by atoms with Gasteiger partial charge in [-0.15, -0.1) is 0 Å². The van der Waals surface area contributed by atoms with E-state index in [1.165, 1.54) is 5.56 Å². The first-order valence-electron chi connectivity index (χ1n) is 6.56. The summed E-state index contributed by atoms with van der Waals surface area (Å²) in [5.74, 6) is 0.415. The van der Waals surface area contributed by atoms with Crippen molar-refractivity contribution in [2.75, 3.05) is 0 Å². The largest absolute Gasteiger partial charge is 0.323 e. The maximum absolute atomic E-state index is 12.4. The molecule has 1 rings (SSSR count). The van der Waals surface area contributed by atoms with Crippen LogP contribution in [0.2, 0.25) is 0 Å². The molecule has 0 spiro atoms. The molecular weight excluding hydrogens is 242 g/mol. The smallest absolute Gasteiger partial charge is 0.0515 e. The summed E-state index contributed by atoms with van der Waals surface area (Å²) in [6.07, 6.45) is 0. The second-order valence-corrected chi connectivity index (χ2v) is 7.56. The van der Waals surface area contributed by atoms with Gasteiger partial charge in [-0.05, 0) is 25.3 Å². The molecule has 1 aromatic carbocycles. The summed E-state index contributed by atoms with van der Waals surface area (Å²) in [4.78, 5) is 0. The minimum absolute atomic E-state index is 0.0230. The lowest BCUT2D eigenvalue weighted by Crippen LogP contribution is -2.34. The maximum atomic E-state index is 12.4. The fraction of sp³-hybridized carbons (Fsp3) is 0.600. The number of hydrogen-bond donors (Lipinski definition) is 1. The van der Waals surface area contributed by atoms with Crippen molar-refractivity contribution >= 4 is 10.8 Å². The van der Waals surface area contributed by atoms with Gasteiger partial charge in [-0.3, -0.25) is 4.21 Å². The molecular formula is C15H25NOS. The monoisotopic (exact) mass is 267 g/mol. The lowest BCUT2D eigenvalue weighted by molar-refractivity contribution is 0.584. The Bertz CT molecular complexity index is 399. The molecule has 2 nitrogen and oxygen atoms in total. The molecule has 0 bridgehead atoms. The van der Waals surface area contributed by atoms with Gasteiger partial charge in [-0.1, -0.05) is 50.6 Å². The van der Waals surface area contributed by atoms with Gasteiger partial charge in [0.2, 0.25) is 0 Å². The van der Waals surface area contributed by atoms with Gasteiger partial charge in [-0.25, -0.2) is 0 Å². The van der Waals surface area contributed by atoms with Crippen molar-refractivity contribution in [1.82, 2.24) is 0 Å². The first-order valence-corrected chi connectivity index (χ1v) is 7.83. The predicted molar refractivity (Wildman–Crippen MR) is 80.0 cm³/mol. The van der Waals surface area contributed by atoms with Crippen molar-refractivity contribution in [1.29, 1.82) is 0 Å². The number of rotatable bonds is 5. The number of benzene rings is 1. The summed E-state index contributed by atoms with van der Waals surface area (Å²) >= 11 is 0. The van der Waals surface area contributed by atoms with E-state index in [0.717, 1.165) is 5.56 Å². The van der Waals surface area contributed by atoms with Gasteiger partial charge in [-0.2, -0.15) is 0 Å². The molecule has 0 aliphatic rings. The van der Waals surface area contributed by atoms with Crippen molar-refractivity contribution in [2.24, 2.45) is 11.7 Å². The van der Waals surface area contributed by atoms with Gasteiger partial charge in [0.15, 0.2) is 0 Å². The Morgan fingerprint density at radius 1 is 1.00 bits per heavy atom. The Morgan fingerprint density at radius 3 is 1.94 bits per heavy atom. The standard InChI is InChI=1S/C15H25NOS/c1-10(2)12(4)18(17)13(5)15(16)14-8-6-11(3)7-9-14/h6-10,12-13,15H,16H2,1-5H3. The van der Waals surface area contributed by atoms with Gasteiger partial charge in [0.05, 0.1) is 5.25 Å². The summed E-state index contributed by atoms with van der Waals surface area (Å²) in [6.45, 7) is 10.3. The van der Waals surface area contributed by atoms with Crippen LogP contribution in [-0.2, 0) is 10.8 Å². The Balaban J connectivity index is 2.80. The molecule has 3 heteroatoms. The molecule has 4 atom stereocenters. The van der Waals surface area contributed by atoms with Crippen LogP contribution in [-0.4, -0.2) is 14.7 Å². The van der Waals surface area contributed by atoms with Crippen LogP contribution in [0.4, 0.5) is 0 Å². The maximum Gasteiger partial charge on any atom is 0.0515 e. The highest BCUT2D eigenvalue weighted by Crippen LogP contribution is 2.22. The van der Waals surface area contributed by atoms with Crippen LogP contribution in [0.1, 0.15) is 44.9 Å². The number of nitrogens with two attached hydrogens (primary N) is 1. The summed E-state index contributed by atoms with van der Waals surface area (Å²) in [5, 5.41) is 0.154. The SMILES string of the molecule is Cc1ccc(C(N)C(C)S(=O)C(C)C(C)C)cc1. The molecule has 0 aliphatic carbocycles. The Kier molecular flexibility index (Phi) is 5.54. The summed E-state index contributed by atoms with van der Waals surface area (Å²) in [6, 6.07) is 8.02. The summed E-state index contributed by atoms with van der Waals surface area (Å²) in [5.41, 5.74) is 8.52. The summed E-state index contributed by atoms with van der Waals surface area (Å²) in [7, 11) is -0.901. The Morgan fingerprint density at radius 2 is 1.50 bits per heavy atom. The van der Waals surface area contributed by atoms with Crippen LogP contribution in [0, 0.1) is 12.8 Å². The van der Waals surface area contributed by atoms with Gasteiger partial charge in [0.25, 0.3) is 0 Å². The van der Waals surface area contributed by atoms with Crippen molar-refractivity contribution in [3.63, 3.8) is 0 Å². The average molecular weight is 267 g/mol. The molecule has 102 valence electrons. The third-order valence-electron chi connectivity index (χ3n) is 3.64. The molecule has 0 fully saturated rings. The van der Waals surface area contributed by atoms with Crippen LogP contribution in [0.5, 0.6) is 0 Å². The van der Waals surface area contributed by atoms with Crippen LogP contribution in [0.3, 0.4) is 0 Å². The van der Waals surface area contributed by atoms with Crippen molar-refractivity contribution in [2.45, 2.75) is 51.2 Å². The third-order valence-corrected chi connectivity index (χ3v) is 5.94. The fourth-order valence-corrected chi connectivity index (χ4v) is 3.47. The van der Waals surface area contributed by atoms with Gasteiger partial charge in [0.1, 0.15) is 0 Å². The molecule has 0 aromatic heterocycles. The highest BCUT2D eigenvalue weighted by molar-refractivity contribution is 7.86. The molecule has 4 unspecified atom stereocenters. The van der Waals surface area contributed by atoms with Gasteiger partial charge in [0, 0.05) is 22.1 Å². The predicted octanol–water partition coefficient (Wildman–Crippen LogP) is 3.18. The average Bonchev–Trinajstić information content (AvgIpc) is 2.36. The Hall–Kier alpha value is -0.670. The highest BCUT2D eigenvalue weighted by Gasteiger charge is 2.26. The minimum atomic E-state index is -0.901. The number of aryl methyl sites for hydroxylation is 1. The van der Waals surface area contributed by atoms with E-state index < -0.39 is 10.8 Å². The van der Waals surface area contributed by atoms with E-state index in [2.05, 4.69) is 32.9 Å². The van der Waals surface area contributed by atoms with E-state index >= 15 is 0 Å². The lowest BCUT2D eigenvalue weighted by atomic mass is 10.0. The zero-order valence-electron chi connectivity index (χ0n) is 12.0. The van der Waals surface area contributed by atoms with E-state index in [-0.39, 0.29) is 16.5 Å². The molecule has 0 saturated heterocycles. The van der Waals surface area contributed by atoms with Gasteiger partial charge >= 0.3 is 0 Å². The molecule has 0 heterocycles. The molecule has 0 amide bonds. The first-order chi connectivity index (χ1) is 8.34. The molecule has 2 N–H and O–H groups in total. The minimum Gasteiger partial charge on any atom is -0.323 e. The van der Waals surface area contributed by atoms with Crippen LogP contribution in [0.15, 0.2) is 24.3 Å². The normalized spacial score (nSPS) is 18.4. The number of hydrogen-bond acceptors (Lipinski definition) is 2. The van der Waals surface area contributed by atoms with Crippen LogP contribution >= 0.6 is 0 Å². The zero-order valence-corrected chi connectivity index (χ0v) is 12.8. The zero-order chi connectivity index (χ0) is 13.9. The van der Waals surface area contributed by atoms with E-state index in [0.29, 0.717) is 5.92 Å². The lowest BCUT2D eigenvalue weighted by Gasteiger charge is -2.25. The summed E-state index contributed by atoms with van der Waals surface area (Å²) < 4.78 is 12.4. The van der Waals surface area contributed by atoms with E-state index in [9.17, 15) is 4.21 Å². The quantitative estimate of drug-likeness (QED) is 0.890. The first kappa shape index (κ1) is 15.4. The van der Waals surface area contributed by atoms with Crippen LogP contribution in [0.25, 0.3) is 0 Å². The molecule has 0 aliphatic heterocycles. The molecule has 0 saturated carbocycles. The topological polar surface area (TPSA) is 43.1 Å². The Labute approximate surface area is 113 Å². The van der Waals surface area contributed by atoms with Crippen molar-refractivity contribution < 1.29 is 4.21 Å². The van der Waals surface area contributed by atoms with E-state index in [1.54, 1.807) is 0 Å². The molecule has 18 heavy (non-hydrogen) atoms. The highest BCUT2D eigenvalue weighted by atomic mass is 32.2. The third kappa shape index (κ3) is 3.66. The molecule has 0 radical (unpaired) electrons. The van der Waals surface area contributed by atoms with Crippen molar-refractivity contribution in [3.05, 3.63) is 35.4 Å². The van der Waals surface area contributed by atoms with Crippen LogP contribution < -0.4 is 5.73 Å². The van der Waals surface area contributed by atoms with Gasteiger partial charge < -0.3 is 5.73 Å². The van der Waals surface area contributed by atoms with E-state index in [1.807, 2.05) is 26.0 Å². The second-order valence-electron chi connectivity index (χ2n) is 5.42. The fourth-order valence-electron chi connectivity index (χ4n) is 1.81.